The maximum Gasteiger partial charge on any atom is 0.274 e. The molecular weight excluding hydrogens is 382 g/mol. The fourth-order valence-electron chi connectivity index (χ4n) is 2.90. The van der Waals surface area contributed by atoms with Gasteiger partial charge < -0.3 is 15.5 Å². The van der Waals surface area contributed by atoms with Crippen molar-refractivity contribution in [2.75, 3.05) is 37.8 Å². The van der Waals surface area contributed by atoms with Crippen molar-refractivity contribution in [1.82, 2.24) is 19.9 Å². The average Bonchev–Trinajstić information content (AvgIpc) is 2.76. The molecule has 0 spiro atoms. The van der Waals surface area contributed by atoms with Gasteiger partial charge in [-0.3, -0.25) is 15.1 Å². The summed E-state index contributed by atoms with van der Waals surface area (Å²) in [5, 5.41) is 17.7. The van der Waals surface area contributed by atoms with E-state index in [0.717, 1.165) is 30.8 Å². The highest BCUT2D eigenvalue weighted by Crippen LogP contribution is 2.23. The highest BCUT2D eigenvalue weighted by Gasteiger charge is 2.13. The number of benzene rings is 1. The van der Waals surface area contributed by atoms with Crippen LogP contribution in [0.2, 0.25) is 0 Å². The van der Waals surface area contributed by atoms with E-state index in [-0.39, 0.29) is 17.2 Å². The number of rotatable bonds is 10. The average molecular weight is 407 g/mol. The van der Waals surface area contributed by atoms with E-state index in [9.17, 15) is 10.1 Å². The van der Waals surface area contributed by atoms with Crippen LogP contribution in [-0.2, 0) is 6.54 Å². The van der Waals surface area contributed by atoms with Crippen LogP contribution < -0.4 is 10.6 Å². The smallest absolute Gasteiger partial charge is 0.274 e. The van der Waals surface area contributed by atoms with E-state index in [0.29, 0.717) is 17.3 Å². The molecule has 1 aromatic carbocycles. The zero-order valence-corrected chi connectivity index (χ0v) is 17.1. The van der Waals surface area contributed by atoms with Crippen LogP contribution in [0.25, 0.3) is 11.3 Å². The minimum absolute atomic E-state index is 0.0774. The summed E-state index contributed by atoms with van der Waals surface area (Å²) < 4.78 is 0. The highest BCUT2D eigenvalue weighted by atomic mass is 16.6. The second kappa shape index (κ2) is 10.3. The van der Waals surface area contributed by atoms with Crippen LogP contribution in [0.1, 0.15) is 12.0 Å². The number of nitro groups is 1. The Morgan fingerprint density at radius 1 is 1.10 bits per heavy atom. The molecule has 156 valence electrons. The normalized spacial score (nSPS) is 10.8. The maximum atomic E-state index is 11.3. The minimum atomic E-state index is -0.379. The van der Waals surface area contributed by atoms with Gasteiger partial charge in [-0.15, -0.1) is 0 Å². The van der Waals surface area contributed by atoms with Gasteiger partial charge >= 0.3 is 0 Å². The zero-order chi connectivity index (χ0) is 21.3. The third kappa shape index (κ3) is 5.95. The van der Waals surface area contributed by atoms with E-state index < -0.39 is 0 Å². The third-order valence-electron chi connectivity index (χ3n) is 4.40. The van der Waals surface area contributed by atoms with E-state index in [1.54, 1.807) is 30.6 Å². The van der Waals surface area contributed by atoms with Crippen LogP contribution in [0.15, 0.2) is 54.9 Å². The van der Waals surface area contributed by atoms with Crippen molar-refractivity contribution in [3.63, 3.8) is 0 Å². The van der Waals surface area contributed by atoms with E-state index >= 15 is 0 Å². The molecule has 0 radical (unpaired) electrons. The summed E-state index contributed by atoms with van der Waals surface area (Å²) in [5.74, 6) is 1.08. The van der Waals surface area contributed by atoms with E-state index in [1.165, 1.54) is 6.07 Å². The van der Waals surface area contributed by atoms with Crippen LogP contribution in [0.4, 0.5) is 17.5 Å². The zero-order valence-electron chi connectivity index (χ0n) is 17.1. The summed E-state index contributed by atoms with van der Waals surface area (Å²) in [6.45, 7) is 1.97. The molecule has 3 aromatic rings. The fourth-order valence-corrected chi connectivity index (χ4v) is 2.90. The lowest BCUT2D eigenvalue weighted by Crippen LogP contribution is -2.17. The van der Waals surface area contributed by atoms with Crippen LogP contribution in [0.5, 0.6) is 0 Å². The van der Waals surface area contributed by atoms with Gasteiger partial charge in [0.25, 0.3) is 5.69 Å². The Morgan fingerprint density at radius 3 is 2.67 bits per heavy atom. The quantitative estimate of drug-likeness (QED) is 0.299. The Labute approximate surface area is 175 Å². The first kappa shape index (κ1) is 21.1. The topological polar surface area (TPSA) is 109 Å². The molecule has 9 heteroatoms. The SMILES string of the molecule is CN(C)CCCNc1nc(NCc2ccccc2[N+](=O)[O-])cc(-c2cccnc2)n1. The van der Waals surface area contributed by atoms with Crippen molar-refractivity contribution >= 4 is 17.5 Å². The number of hydrogen-bond acceptors (Lipinski definition) is 8. The molecule has 0 unspecified atom stereocenters. The van der Waals surface area contributed by atoms with Gasteiger partial charge in [0, 0.05) is 48.7 Å². The summed E-state index contributed by atoms with van der Waals surface area (Å²) in [6.07, 6.45) is 4.40. The second-order valence-corrected chi connectivity index (χ2v) is 7.03. The number of nitrogens with one attached hydrogen (secondary N) is 2. The van der Waals surface area contributed by atoms with Gasteiger partial charge in [-0.25, -0.2) is 4.98 Å². The van der Waals surface area contributed by atoms with Crippen LogP contribution in [-0.4, -0.2) is 52.0 Å². The Kier molecular flexibility index (Phi) is 7.23. The van der Waals surface area contributed by atoms with Crippen molar-refractivity contribution in [3.05, 3.63) is 70.5 Å². The van der Waals surface area contributed by atoms with Crippen molar-refractivity contribution in [2.24, 2.45) is 0 Å². The predicted molar refractivity (Wildman–Crippen MR) is 117 cm³/mol. The summed E-state index contributed by atoms with van der Waals surface area (Å²) >= 11 is 0. The standard InChI is InChI=1S/C21H25N7O2/c1-27(2)12-6-11-23-21-25-18(16-8-5-10-22-14-16)13-20(26-21)24-15-17-7-3-4-9-19(17)28(29)30/h3-5,7-10,13-14H,6,11-12,15H2,1-2H3,(H2,23,24,25,26). The van der Waals surface area contributed by atoms with Gasteiger partial charge in [0.2, 0.25) is 5.95 Å². The van der Waals surface area contributed by atoms with E-state index in [1.807, 2.05) is 32.3 Å². The number of nitrogens with zero attached hydrogens (tertiary/aromatic N) is 5. The summed E-state index contributed by atoms with van der Waals surface area (Å²) in [6, 6.07) is 12.3. The van der Waals surface area contributed by atoms with Gasteiger partial charge in [0.15, 0.2) is 0 Å². The Hall–Kier alpha value is -3.59. The van der Waals surface area contributed by atoms with Gasteiger partial charge in [0.05, 0.1) is 10.6 Å². The molecule has 0 aliphatic rings. The number of hydrogen-bond donors (Lipinski definition) is 2. The molecule has 2 aromatic heterocycles. The molecule has 0 saturated carbocycles. The van der Waals surface area contributed by atoms with Crippen LogP contribution in [0, 0.1) is 10.1 Å². The lowest BCUT2D eigenvalue weighted by Gasteiger charge is -2.13. The molecule has 0 bridgehead atoms. The maximum absolute atomic E-state index is 11.3. The van der Waals surface area contributed by atoms with E-state index in [2.05, 4.69) is 30.5 Å². The number of pyridine rings is 1. The third-order valence-corrected chi connectivity index (χ3v) is 4.40. The summed E-state index contributed by atoms with van der Waals surface area (Å²) in [7, 11) is 4.06. The first-order valence-corrected chi connectivity index (χ1v) is 9.67. The molecule has 0 amide bonds. The number of aromatic nitrogens is 3. The molecule has 9 nitrogen and oxygen atoms in total. The second-order valence-electron chi connectivity index (χ2n) is 7.03. The Balaban J connectivity index is 1.80. The largest absolute Gasteiger partial charge is 0.366 e. The number of nitro benzene ring substituents is 1. The monoisotopic (exact) mass is 407 g/mol. The van der Waals surface area contributed by atoms with Crippen molar-refractivity contribution in [2.45, 2.75) is 13.0 Å². The summed E-state index contributed by atoms with van der Waals surface area (Å²) in [4.78, 5) is 26.3. The first-order valence-electron chi connectivity index (χ1n) is 9.67. The molecule has 2 heterocycles. The number of anilines is 2. The molecule has 0 atom stereocenters. The van der Waals surface area contributed by atoms with Crippen LogP contribution in [0.3, 0.4) is 0 Å². The minimum Gasteiger partial charge on any atom is -0.366 e. The van der Waals surface area contributed by atoms with Crippen molar-refractivity contribution in [3.8, 4) is 11.3 Å². The van der Waals surface area contributed by atoms with Crippen molar-refractivity contribution in [1.29, 1.82) is 0 Å². The predicted octanol–water partition coefficient (Wildman–Crippen LogP) is 3.42. The summed E-state index contributed by atoms with van der Waals surface area (Å²) in [5.41, 5.74) is 2.25. The molecule has 0 fully saturated rings. The van der Waals surface area contributed by atoms with Crippen LogP contribution >= 0.6 is 0 Å². The van der Waals surface area contributed by atoms with Crippen molar-refractivity contribution < 1.29 is 4.92 Å². The lowest BCUT2D eigenvalue weighted by atomic mass is 10.1. The molecule has 0 aliphatic carbocycles. The van der Waals surface area contributed by atoms with Gasteiger partial charge in [-0.1, -0.05) is 18.2 Å². The van der Waals surface area contributed by atoms with E-state index in [4.69, 9.17) is 0 Å². The molecule has 2 N–H and O–H groups in total. The number of para-hydroxylation sites is 1. The lowest BCUT2D eigenvalue weighted by molar-refractivity contribution is -0.385. The molecular formula is C21H25N7O2. The molecule has 0 aliphatic heterocycles. The molecule has 0 saturated heterocycles. The van der Waals surface area contributed by atoms with Gasteiger partial charge in [0.1, 0.15) is 5.82 Å². The Morgan fingerprint density at radius 2 is 1.93 bits per heavy atom. The van der Waals surface area contributed by atoms with Gasteiger partial charge in [-0.05, 0) is 39.2 Å². The fraction of sp³-hybridized carbons (Fsp3) is 0.286. The Bertz CT molecular complexity index is 980. The highest BCUT2D eigenvalue weighted by molar-refractivity contribution is 5.63. The molecule has 30 heavy (non-hydrogen) atoms. The molecule has 3 rings (SSSR count). The first-order chi connectivity index (χ1) is 14.5. The van der Waals surface area contributed by atoms with Gasteiger partial charge in [-0.2, -0.15) is 4.98 Å².